The number of nitriles is 1. The van der Waals surface area contributed by atoms with Gasteiger partial charge in [0.1, 0.15) is 11.6 Å². The number of hydrogen-bond acceptors (Lipinski definition) is 6. The first-order valence-electron chi connectivity index (χ1n) is 19.6. The molecule has 0 unspecified atom stereocenters. The van der Waals surface area contributed by atoms with Crippen molar-refractivity contribution < 1.29 is 0 Å². The molecule has 280 valence electrons. The zero-order chi connectivity index (χ0) is 40.1. The fourth-order valence-corrected chi connectivity index (χ4v) is 8.62. The highest BCUT2D eigenvalue weighted by Gasteiger charge is 2.38. The number of anilines is 12. The van der Waals surface area contributed by atoms with Crippen molar-refractivity contribution in [2.24, 2.45) is 0 Å². The fraction of sp³-hybridized carbons (Fsp3) is 0.0577. The Morgan fingerprint density at radius 2 is 0.932 bits per heavy atom. The Hall–Kier alpha value is -8.13. The van der Waals surface area contributed by atoms with Gasteiger partial charge in [0, 0.05) is 34.6 Å². The van der Waals surface area contributed by atoms with Gasteiger partial charge in [0.05, 0.1) is 58.0 Å². The maximum atomic E-state index is 9.75. The lowest BCUT2D eigenvalue weighted by molar-refractivity contribution is 0.631. The van der Waals surface area contributed by atoms with E-state index < -0.39 is 0 Å². The molecule has 7 aromatic carbocycles. The molecule has 3 heterocycles. The van der Waals surface area contributed by atoms with Crippen LogP contribution in [0.4, 0.5) is 74.2 Å². The molecule has 0 amide bonds. The molecular formula is C52H37N7. The predicted molar refractivity (Wildman–Crippen MR) is 240 cm³/mol. The van der Waals surface area contributed by atoms with Crippen LogP contribution in [0.3, 0.4) is 0 Å². The molecule has 7 nitrogen and oxygen atoms in total. The molecule has 0 bridgehead atoms. The van der Waals surface area contributed by atoms with Crippen LogP contribution >= 0.6 is 0 Å². The molecule has 7 heteroatoms. The molecule has 8 aromatic rings. The van der Waals surface area contributed by atoms with Crippen LogP contribution < -0.4 is 19.6 Å². The van der Waals surface area contributed by atoms with E-state index in [-0.39, 0.29) is 5.41 Å². The molecular weight excluding hydrogens is 723 g/mol. The molecule has 1 aromatic heterocycles. The van der Waals surface area contributed by atoms with Crippen LogP contribution in [0.5, 0.6) is 0 Å². The predicted octanol–water partition coefficient (Wildman–Crippen LogP) is 14.3. The lowest BCUT2D eigenvalue weighted by Gasteiger charge is -2.42. The summed E-state index contributed by atoms with van der Waals surface area (Å²) in [4.78, 5) is 18.4. The van der Waals surface area contributed by atoms with Crippen molar-refractivity contribution in [1.29, 1.82) is 5.26 Å². The smallest absolute Gasteiger partial charge is 0.187 e. The highest BCUT2D eigenvalue weighted by molar-refractivity contribution is 6.02. The Morgan fingerprint density at radius 1 is 0.508 bits per heavy atom. The largest absolute Gasteiger partial charge is 0.310 e. The van der Waals surface area contributed by atoms with Crippen molar-refractivity contribution in [3.05, 3.63) is 216 Å². The minimum Gasteiger partial charge on any atom is -0.310 e. The summed E-state index contributed by atoms with van der Waals surface area (Å²) in [6.07, 6.45) is 0. The van der Waals surface area contributed by atoms with Gasteiger partial charge >= 0.3 is 0 Å². The molecule has 0 N–H and O–H groups in total. The monoisotopic (exact) mass is 759 g/mol. The number of rotatable bonds is 6. The Labute approximate surface area is 344 Å². The van der Waals surface area contributed by atoms with Gasteiger partial charge in [0.15, 0.2) is 5.69 Å². The summed E-state index contributed by atoms with van der Waals surface area (Å²) in [6, 6.07) is 66.5. The summed E-state index contributed by atoms with van der Waals surface area (Å²) in [7, 11) is 0. The van der Waals surface area contributed by atoms with Crippen molar-refractivity contribution >= 4 is 74.2 Å². The number of pyridine rings is 1. The Bertz CT molecular complexity index is 2810. The molecule has 0 aliphatic carbocycles. The van der Waals surface area contributed by atoms with E-state index in [9.17, 15) is 5.26 Å². The highest BCUT2D eigenvalue weighted by atomic mass is 15.3. The first-order valence-corrected chi connectivity index (χ1v) is 19.6. The van der Waals surface area contributed by atoms with Crippen LogP contribution in [-0.4, -0.2) is 4.98 Å². The van der Waals surface area contributed by atoms with Crippen LogP contribution in [0.1, 0.15) is 30.5 Å². The lowest BCUT2D eigenvalue weighted by atomic mass is 9.73. The zero-order valence-corrected chi connectivity index (χ0v) is 32.5. The molecule has 0 saturated heterocycles. The molecule has 2 aliphatic heterocycles. The minimum atomic E-state index is -0.255. The van der Waals surface area contributed by atoms with Crippen LogP contribution in [0.25, 0.3) is 4.85 Å². The van der Waals surface area contributed by atoms with E-state index in [1.165, 1.54) is 11.1 Å². The summed E-state index contributed by atoms with van der Waals surface area (Å²) in [5.41, 5.74) is 13.1. The van der Waals surface area contributed by atoms with E-state index in [4.69, 9.17) is 11.6 Å². The Kier molecular flexibility index (Phi) is 8.44. The third kappa shape index (κ3) is 5.84. The van der Waals surface area contributed by atoms with Crippen LogP contribution in [-0.2, 0) is 5.41 Å². The SMILES string of the molecule is [C-]#[N+]c1ccc(N(c2ccc(C#N)cc2)c2cc(N3c4ccccc4N(c4ccccc4)c4ccccc43)nc(N3c4ccccc4C(C)(C)c4ccccc43)c2)cc1. The van der Waals surface area contributed by atoms with E-state index >= 15 is 0 Å². The summed E-state index contributed by atoms with van der Waals surface area (Å²) in [5, 5.41) is 9.75. The van der Waals surface area contributed by atoms with Gasteiger partial charge in [-0.1, -0.05) is 105 Å². The number of para-hydroxylation sites is 7. The Balaban J connectivity index is 1.27. The van der Waals surface area contributed by atoms with Gasteiger partial charge in [-0.2, -0.15) is 5.26 Å². The van der Waals surface area contributed by atoms with Crippen molar-refractivity contribution in [2.75, 3.05) is 19.6 Å². The molecule has 0 radical (unpaired) electrons. The van der Waals surface area contributed by atoms with Gasteiger partial charge < -0.3 is 9.80 Å². The van der Waals surface area contributed by atoms with Crippen molar-refractivity contribution in [3.63, 3.8) is 0 Å². The first kappa shape index (κ1) is 35.3. The second-order valence-corrected chi connectivity index (χ2v) is 15.1. The Morgan fingerprint density at radius 3 is 1.42 bits per heavy atom. The van der Waals surface area contributed by atoms with E-state index in [1.807, 2.05) is 54.6 Å². The van der Waals surface area contributed by atoms with Crippen molar-refractivity contribution in [3.8, 4) is 6.07 Å². The van der Waals surface area contributed by atoms with Gasteiger partial charge in [0.25, 0.3) is 0 Å². The second-order valence-electron chi connectivity index (χ2n) is 15.1. The van der Waals surface area contributed by atoms with E-state index in [1.54, 1.807) is 0 Å². The van der Waals surface area contributed by atoms with Crippen molar-refractivity contribution in [2.45, 2.75) is 19.3 Å². The summed E-state index contributed by atoms with van der Waals surface area (Å²) in [6.45, 7) is 12.2. The fourth-order valence-electron chi connectivity index (χ4n) is 8.62. The standard InChI is InChI=1S/C52H37N7/c1-52(2)42-17-7-9-19-44(42)58(45-20-10-8-18-43(45)52)50-33-41(56(39-29-25-36(35-53)26-30-39)40-31-27-37(54-3)28-32-40)34-51(55-50)59-48-23-13-11-21-46(48)57(38-15-5-4-6-16-38)47-22-12-14-24-49(47)59/h4-34H,1-2H3. The van der Waals surface area contributed by atoms with Gasteiger partial charge in [0.2, 0.25) is 0 Å². The summed E-state index contributed by atoms with van der Waals surface area (Å²) >= 11 is 0. The summed E-state index contributed by atoms with van der Waals surface area (Å²) in [5.74, 6) is 1.46. The van der Waals surface area contributed by atoms with E-state index in [2.05, 4.69) is 178 Å². The van der Waals surface area contributed by atoms with Crippen LogP contribution in [0.2, 0.25) is 0 Å². The lowest BCUT2D eigenvalue weighted by Crippen LogP contribution is -2.31. The number of benzene rings is 7. The van der Waals surface area contributed by atoms with Crippen molar-refractivity contribution in [1.82, 2.24) is 4.98 Å². The zero-order valence-electron chi connectivity index (χ0n) is 32.5. The van der Waals surface area contributed by atoms with E-state index in [0.29, 0.717) is 11.3 Å². The molecule has 59 heavy (non-hydrogen) atoms. The number of aromatic nitrogens is 1. The van der Waals surface area contributed by atoms with Gasteiger partial charge in [-0.3, -0.25) is 9.80 Å². The normalized spacial score (nSPS) is 13.3. The molecule has 0 spiro atoms. The summed E-state index contributed by atoms with van der Waals surface area (Å²) < 4.78 is 0. The first-order chi connectivity index (χ1) is 28.9. The molecule has 0 atom stereocenters. The second kappa shape index (κ2) is 14.1. The van der Waals surface area contributed by atoms with Gasteiger partial charge in [-0.05, 0) is 96.1 Å². The average molecular weight is 760 g/mol. The number of nitrogens with zero attached hydrogens (tertiary/aromatic N) is 7. The maximum Gasteiger partial charge on any atom is 0.187 e. The third-order valence-corrected chi connectivity index (χ3v) is 11.4. The third-order valence-electron chi connectivity index (χ3n) is 11.4. The minimum absolute atomic E-state index is 0.255. The number of fused-ring (bicyclic) bond motifs is 4. The molecule has 10 rings (SSSR count). The van der Waals surface area contributed by atoms with Crippen LogP contribution in [0, 0.1) is 17.9 Å². The molecule has 0 saturated carbocycles. The maximum absolute atomic E-state index is 9.75. The van der Waals surface area contributed by atoms with Gasteiger partial charge in [-0.15, -0.1) is 0 Å². The quantitative estimate of drug-likeness (QED) is 0.157. The number of hydrogen-bond donors (Lipinski definition) is 0. The topological polar surface area (TPSA) is 54.0 Å². The van der Waals surface area contributed by atoms with Crippen LogP contribution in [0.15, 0.2) is 188 Å². The highest BCUT2D eigenvalue weighted by Crippen LogP contribution is 2.56. The van der Waals surface area contributed by atoms with Gasteiger partial charge in [-0.25, -0.2) is 9.83 Å². The molecule has 0 fully saturated rings. The van der Waals surface area contributed by atoms with E-state index in [0.717, 1.165) is 68.5 Å². The average Bonchev–Trinajstić information content (AvgIpc) is 3.29. The molecule has 2 aliphatic rings.